The summed E-state index contributed by atoms with van der Waals surface area (Å²) in [4.78, 5) is 0. The van der Waals surface area contributed by atoms with Gasteiger partial charge in [-0.2, -0.15) is 0 Å². The van der Waals surface area contributed by atoms with Crippen molar-refractivity contribution in [2.75, 3.05) is 13.2 Å². The van der Waals surface area contributed by atoms with E-state index in [1.807, 2.05) is 13.0 Å². The minimum absolute atomic E-state index is 0.302. The molecule has 0 bridgehead atoms. The zero-order chi connectivity index (χ0) is 15.1. The highest BCUT2D eigenvalue weighted by atomic mass is 79.9. The molecule has 1 N–H and O–H groups in total. The van der Waals surface area contributed by atoms with Gasteiger partial charge < -0.3 is 10.1 Å². The van der Waals surface area contributed by atoms with E-state index in [1.54, 1.807) is 0 Å². The van der Waals surface area contributed by atoms with E-state index in [0.717, 1.165) is 23.2 Å². The molecule has 3 heteroatoms. The van der Waals surface area contributed by atoms with Gasteiger partial charge in [-0.3, -0.25) is 0 Å². The third-order valence-electron chi connectivity index (χ3n) is 3.38. The number of hydrogen-bond donors (Lipinski definition) is 1. The molecule has 0 spiro atoms. The van der Waals surface area contributed by atoms with Gasteiger partial charge in [0, 0.05) is 10.5 Å². The summed E-state index contributed by atoms with van der Waals surface area (Å²) in [5.74, 6) is 0.939. The molecular weight excluding hydrogens is 326 g/mol. The van der Waals surface area contributed by atoms with E-state index in [1.165, 1.54) is 11.1 Å². The number of ether oxygens (including phenoxy) is 1. The predicted molar refractivity (Wildman–Crippen MR) is 91.9 cm³/mol. The first-order valence-corrected chi connectivity index (χ1v) is 8.22. The molecule has 2 aromatic rings. The molecule has 0 amide bonds. The first-order chi connectivity index (χ1) is 10.2. The molecule has 1 unspecified atom stereocenters. The second kappa shape index (κ2) is 8.20. The van der Waals surface area contributed by atoms with Crippen LogP contribution in [0, 0.1) is 0 Å². The Balaban J connectivity index is 2.17. The lowest BCUT2D eigenvalue weighted by Gasteiger charge is -2.19. The van der Waals surface area contributed by atoms with Gasteiger partial charge in [0.1, 0.15) is 5.75 Å². The smallest absolute Gasteiger partial charge is 0.119 e. The van der Waals surface area contributed by atoms with Crippen LogP contribution in [0.3, 0.4) is 0 Å². The summed E-state index contributed by atoms with van der Waals surface area (Å²) < 4.78 is 6.72. The number of likely N-dealkylation sites (N-methyl/N-ethyl adjacent to an activating group) is 1. The molecule has 0 aliphatic carbocycles. The van der Waals surface area contributed by atoms with Gasteiger partial charge >= 0.3 is 0 Å². The van der Waals surface area contributed by atoms with E-state index in [2.05, 4.69) is 70.6 Å². The van der Waals surface area contributed by atoms with Crippen LogP contribution in [-0.2, 0) is 6.42 Å². The predicted octanol–water partition coefficient (Wildman–Crippen LogP) is 4.74. The van der Waals surface area contributed by atoms with Crippen LogP contribution in [0.1, 0.15) is 31.0 Å². The van der Waals surface area contributed by atoms with Gasteiger partial charge in [-0.1, -0.05) is 47.1 Å². The normalized spacial score (nSPS) is 12.1. The molecule has 2 rings (SSSR count). The average Bonchev–Trinajstić information content (AvgIpc) is 2.50. The Hall–Kier alpha value is -1.32. The summed E-state index contributed by atoms with van der Waals surface area (Å²) >= 11 is 3.48. The minimum Gasteiger partial charge on any atom is -0.494 e. The van der Waals surface area contributed by atoms with Crippen molar-refractivity contribution in [2.45, 2.75) is 26.3 Å². The fourth-order valence-electron chi connectivity index (χ4n) is 2.40. The van der Waals surface area contributed by atoms with Gasteiger partial charge in [0.15, 0.2) is 0 Å². The largest absolute Gasteiger partial charge is 0.494 e. The molecule has 112 valence electrons. The minimum atomic E-state index is 0.302. The molecule has 1 atom stereocenters. The number of halogens is 1. The van der Waals surface area contributed by atoms with Crippen LogP contribution in [-0.4, -0.2) is 13.2 Å². The lowest BCUT2D eigenvalue weighted by Crippen LogP contribution is -2.23. The molecule has 0 aliphatic heterocycles. The SMILES string of the molecule is CCNC(Cc1ccc(Br)cc1)c1cccc(OCC)c1. The van der Waals surface area contributed by atoms with Crippen molar-refractivity contribution in [3.05, 3.63) is 64.1 Å². The maximum absolute atomic E-state index is 5.61. The quantitative estimate of drug-likeness (QED) is 0.780. The van der Waals surface area contributed by atoms with Crippen LogP contribution in [0.15, 0.2) is 53.0 Å². The van der Waals surface area contributed by atoms with Crippen molar-refractivity contribution in [1.29, 1.82) is 0 Å². The van der Waals surface area contributed by atoms with Crippen molar-refractivity contribution < 1.29 is 4.74 Å². The second-order valence-corrected chi connectivity index (χ2v) is 5.86. The van der Waals surface area contributed by atoms with Gasteiger partial charge in [-0.25, -0.2) is 0 Å². The van der Waals surface area contributed by atoms with Crippen LogP contribution in [0.4, 0.5) is 0 Å². The zero-order valence-corrected chi connectivity index (χ0v) is 14.2. The van der Waals surface area contributed by atoms with E-state index in [0.29, 0.717) is 12.6 Å². The summed E-state index contributed by atoms with van der Waals surface area (Å²) in [5, 5.41) is 3.56. The maximum atomic E-state index is 5.61. The molecule has 21 heavy (non-hydrogen) atoms. The standard InChI is InChI=1S/C18H22BrNO/c1-3-20-18(12-14-8-10-16(19)11-9-14)15-6-5-7-17(13-15)21-4-2/h5-11,13,18,20H,3-4,12H2,1-2H3. The van der Waals surface area contributed by atoms with Gasteiger partial charge in [-0.05, 0) is 55.3 Å². The molecular formula is C18H22BrNO. The number of rotatable bonds is 7. The number of nitrogens with one attached hydrogen (secondary N) is 1. The van der Waals surface area contributed by atoms with Crippen LogP contribution >= 0.6 is 15.9 Å². The monoisotopic (exact) mass is 347 g/mol. The Kier molecular flexibility index (Phi) is 6.27. The molecule has 0 saturated carbocycles. The van der Waals surface area contributed by atoms with Crippen molar-refractivity contribution in [1.82, 2.24) is 5.32 Å². The zero-order valence-electron chi connectivity index (χ0n) is 12.6. The highest BCUT2D eigenvalue weighted by Gasteiger charge is 2.12. The molecule has 2 aromatic carbocycles. The Bertz CT molecular complexity index is 553. The molecule has 2 nitrogen and oxygen atoms in total. The van der Waals surface area contributed by atoms with Gasteiger partial charge in [0.25, 0.3) is 0 Å². The lowest BCUT2D eigenvalue weighted by molar-refractivity contribution is 0.339. The Labute approximate surface area is 135 Å². The van der Waals surface area contributed by atoms with Gasteiger partial charge in [0.05, 0.1) is 6.61 Å². The van der Waals surface area contributed by atoms with E-state index >= 15 is 0 Å². The molecule has 0 radical (unpaired) electrons. The fraction of sp³-hybridized carbons (Fsp3) is 0.333. The van der Waals surface area contributed by atoms with Gasteiger partial charge in [0.2, 0.25) is 0 Å². The highest BCUT2D eigenvalue weighted by molar-refractivity contribution is 9.10. The topological polar surface area (TPSA) is 21.3 Å². The molecule has 0 saturated heterocycles. The number of benzene rings is 2. The molecule has 0 heterocycles. The van der Waals surface area contributed by atoms with Crippen molar-refractivity contribution >= 4 is 15.9 Å². The lowest BCUT2D eigenvalue weighted by atomic mass is 9.98. The van der Waals surface area contributed by atoms with Crippen LogP contribution in [0.25, 0.3) is 0 Å². The van der Waals surface area contributed by atoms with E-state index in [-0.39, 0.29) is 0 Å². The van der Waals surface area contributed by atoms with Gasteiger partial charge in [-0.15, -0.1) is 0 Å². The summed E-state index contributed by atoms with van der Waals surface area (Å²) in [6, 6.07) is 17.2. The van der Waals surface area contributed by atoms with Crippen LogP contribution in [0.2, 0.25) is 0 Å². The Morgan fingerprint density at radius 3 is 2.52 bits per heavy atom. The fourth-order valence-corrected chi connectivity index (χ4v) is 2.66. The molecule has 0 aromatic heterocycles. The first kappa shape index (κ1) is 16.1. The first-order valence-electron chi connectivity index (χ1n) is 7.43. The summed E-state index contributed by atoms with van der Waals surface area (Å²) in [7, 11) is 0. The van der Waals surface area contributed by atoms with E-state index < -0.39 is 0 Å². The third kappa shape index (κ3) is 4.87. The number of hydrogen-bond acceptors (Lipinski definition) is 2. The Morgan fingerprint density at radius 1 is 1.10 bits per heavy atom. The average molecular weight is 348 g/mol. The maximum Gasteiger partial charge on any atom is 0.119 e. The van der Waals surface area contributed by atoms with E-state index in [4.69, 9.17) is 4.74 Å². The molecule has 0 aliphatic rings. The van der Waals surface area contributed by atoms with Crippen LogP contribution < -0.4 is 10.1 Å². The van der Waals surface area contributed by atoms with Crippen molar-refractivity contribution in [3.63, 3.8) is 0 Å². The summed E-state index contributed by atoms with van der Waals surface area (Å²) in [6.45, 7) is 5.79. The van der Waals surface area contributed by atoms with Crippen LogP contribution in [0.5, 0.6) is 5.75 Å². The summed E-state index contributed by atoms with van der Waals surface area (Å²) in [6.07, 6.45) is 0.969. The summed E-state index contributed by atoms with van der Waals surface area (Å²) in [5.41, 5.74) is 2.59. The van der Waals surface area contributed by atoms with Crippen molar-refractivity contribution in [3.8, 4) is 5.75 Å². The van der Waals surface area contributed by atoms with Crippen molar-refractivity contribution in [2.24, 2.45) is 0 Å². The second-order valence-electron chi connectivity index (χ2n) is 4.95. The van der Waals surface area contributed by atoms with E-state index in [9.17, 15) is 0 Å². The Morgan fingerprint density at radius 2 is 1.86 bits per heavy atom. The molecule has 0 fully saturated rings. The third-order valence-corrected chi connectivity index (χ3v) is 3.90. The highest BCUT2D eigenvalue weighted by Crippen LogP contribution is 2.23.